The number of piperazine rings is 1. The van der Waals surface area contributed by atoms with Crippen molar-refractivity contribution in [2.24, 2.45) is 11.7 Å². The number of carbonyl (C=O) groups is 2. The van der Waals surface area contributed by atoms with Crippen LogP contribution < -0.4 is 20.9 Å². The van der Waals surface area contributed by atoms with E-state index in [1.807, 2.05) is 13.0 Å². The third-order valence-electron chi connectivity index (χ3n) is 9.14. The molecular formula is C32H46N8O2. The fraction of sp³-hybridized carbons (Fsp3) is 0.562. The monoisotopic (exact) mass is 574 g/mol. The zero-order valence-electron chi connectivity index (χ0n) is 25.4. The van der Waals surface area contributed by atoms with Gasteiger partial charge in [0, 0.05) is 76.2 Å². The molecule has 0 aliphatic carbocycles. The molecule has 1 aromatic carbocycles. The lowest BCUT2D eigenvalue weighted by Crippen LogP contribution is -2.52. The maximum atomic E-state index is 12.4. The van der Waals surface area contributed by atoms with Crippen LogP contribution in [0.5, 0.6) is 0 Å². The van der Waals surface area contributed by atoms with E-state index < -0.39 is 5.91 Å². The molecular weight excluding hydrogens is 528 g/mol. The van der Waals surface area contributed by atoms with Gasteiger partial charge < -0.3 is 25.8 Å². The van der Waals surface area contributed by atoms with Gasteiger partial charge in [0.15, 0.2) is 23.1 Å². The highest BCUT2D eigenvalue weighted by Crippen LogP contribution is 2.32. The van der Waals surface area contributed by atoms with Gasteiger partial charge in [-0.2, -0.15) is 0 Å². The molecule has 42 heavy (non-hydrogen) atoms. The molecule has 2 aromatic rings. The number of nitrogens with two attached hydrogens (primary N) is 1. The number of anilines is 4. The third-order valence-corrected chi connectivity index (χ3v) is 9.14. The van der Waals surface area contributed by atoms with Gasteiger partial charge in [0.2, 0.25) is 0 Å². The maximum absolute atomic E-state index is 12.4. The number of hydrogen-bond acceptors (Lipinski definition) is 9. The second-order valence-electron chi connectivity index (χ2n) is 12.1. The molecule has 0 spiro atoms. The van der Waals surface area contributed by atoms with Crippen LogP contribution in [0.15, 0.2) is 30.9 Å². The number of amides is 1. The van der Waals surface area contributed by atoms with Crippen molar-refractivity contribution in [3.05, 3.63) is 47.8 Å². The summed E-state index contributed by atoms with van der Waals surface area (Å²) in [5, 5.41) is 3.35. The Hall–Kier alpha value is -3.50. The van der Waals surface area contributed by atoms with Crippen LogP contribution in [0, 0.1) is 12.8 Å². The van der Waals surface area contributed by atoms with E-state index in [4.69, 9.17) is 10.7 Å². The smallest absolute Gasteiger partial charge is 0.271 e. The first-order chi connectivity index (χ1) is 20.2. The topological polar surface area (TPSA) is 111 Å². The van der Waals surface area contributed by atoms with Crippen LogP contribution in [0.1, 0.15) is 54.4 Å². The minimum Gasteiger partial charge on any atom is -0.371 e. The van der Waals surface area contributed by atoms with Gasteiger partial charge in [0.25, 0.3) is 5.91 Å². The van der Waals surface area contributed by atoms with E-state index in [0.717, 1.165) is 62.9 Å². The van der Waals surface area contributed by atoms with Crippen molar-refractivity contribution >= 4 is 34.7 Å². The summed E-state index contributed by atoms with van der Waals surface area (Å²) >= 11 is 0. The Morgan fingerprint density at radius 3 is 2.40 bits per heavy atom. The summed E-state index contributed by atoms with van der Waals surface area (Å²) in [7, 11) is 2.21. The number of allylic oxidation sites excluding steroid dienone is 1. The molecule has 1 amide bonds. The van der Waals surface area contributed by atoms with Crippen LogP contribution in [0.3, 0.4) is 0 Å². The molecule has 5 rings (SSSR count). The predicted molar refractivity (Wildman–Crippen MR) is 169 cm³/mol. The van der Waals surface area contributed by atoms with E-state index >= 15 is 0 Å². The molecule has 1 atom stereocenters. The quantitative estimate of drug-likeness (QED) is 0.413. The van der Waals surface area contributed by atoms with Gasteiger partial charge in [-0.3, -0.25) is 14.5 Å². The molecule has 0 radical (unpaired) electrons. The highest BCUT2D eigenvalue weighted by Gasteiger charge is 2.29. The molecule has 10 nitrogen and oxygen atoms in total. The number of piperidine rings is 1. The zero-order valence-corrected chi connectivity index (χ0v) is 25.4. The second-order valence-corrected chi connectivity index (χ2v) is 12.1. The normalized spacial score (nSPS) is 20.6. The molecule has 226 valence electrons. The molecule has 1 aromatic heterocycles. The number of hydrogen-bond donors (Lipinski definition) is 2. The molecule has 3 aliphatic heterocycles. The SMILES string of the molecule is C=CC(=O)C[C@@H]1CCN(c2nc(Nc3ccc(N4CCC(N5CCN(C)CC5)CC4)c(C)c3)c(C(N)=O)nc2CC)C1. The lowest BCUT2D eigenvalue weighted by atomic mass is 10.0. The average molecular weight is 575 g/mol. The average Bonchev–Trinajstić information content (AvgIpc) is 3.45. The van der Waals surface area contributed by atoms with E-state index in [-0.39, 0.29) is 17.4 Å². The number of likely N-dealkylation sites (N-methyl/N-ethyl adjacent to an activating group) is 1. The van der Waals surface area contributed by atoms with Crippen molar-refractivity contribution in [3.8, 4) is 0 Å². The number of benzene rings is 1. The number of aromatic nitrogens is 2. The Labute approximate surface area is 250 Å². The van der Waals surface area contributed by atoms with Crippen LogP contribution in [0.2, 0.25) is 0 Å². The standard InChI is InChI=1S/C32H46N8O2/c1-5-26(41)20-23-9-12-40(21-23)32-27(6-2)35-29(30(33)42)31(36-32)34-24-7-8-28(22(3)19-24)39-13-10-25(11-14-39)38-17-15-37(4)16-18-38/h5,7-8,19,23,25H,1,6,9-18,20-21H2,2-4H3,(H2,33,42)(H,34,36)/t23-/m0/s1. The van der Waals surface area contributed by atoms with E-state index in [1.54, 1.807) is 0 Å². The maximum Gasteiger partial charge on any atom is 0.271 e. The minimum absolute atomic E-state index is 0.0632. The minimum atomic E-state index is -0.612. The summed E-state index contributed by atoms with van der Waals surface area (Å²) in [6, 6.07) is 6.99. The van der Waals surface area contributed by atoms with E-state index in [1.165, 1.54) is 43.3 Å². The molecule has 3 aliphatic rings. The zero-order chi connectivity index (χ0) is 29.8. The van der Waals surface area contributed by atoms with Gasteiger partial charge >= 0.3 is 0 Å². The molecule has 10 heteroatoms. The first-order valence-corrected chi connectivity index (χ1v) is 15.4. The van der Waals surface area contributed by atoms with Gasteiger partial charge in [-0.1, -0.05) is 13.5 Å². The number of rotatable bonds is 10. The Balaban J connectivity index is 1.29. The fourth-order valence-electron chi connectivity index (χ4n) is 6.65. The summed E-state index contributed by atoms with van der Waals surface area (Å²) in [5.74, 6) is 0.804. The number of primary amides is 1. The van der Waals surface area contributed by atoms with Crippen molar-refractivity contribution in [1.82, 2.24) is 19.8 Å². The molecule has 0 bridgehead atoms. The Morgan fingerprint density at radius 2 is 1.76 bits per heavy atom. The van der Waals surface area contributed by atoms with E-state index in [2.05, 4.69) is 62.6 Å². The van der Waals surface area contributed by atoms with E-state index in [9.17, 15) is 9.59 Å². The van der Waals surface area contributed by atoms with Crippen LogP contribution >= 0.6 is 0 Å². The van der Waals surface area contributed by atoms with Crippen molar-refractivity contribution in [3.63, 3.8) is 0 Å². The molecule has 3 fully saturated rings. The van der Waals surface area contributed by atoms with Gasteiger partial charge in [-0.15, -0.1) is 0 Å². The fourth-order valence-corrected chi connectivity index (χ4v) is 6.65. The van der Waals surface area contributed by atoms with Crippen LogP contribution in [0.4, 0.5) is 23.0 Å². The predicted octanol–water partition coefficient (Wildman–Crippen LogP) is 3.38. The largest absolute Gasteiger partial charge is 0.371 e. The van der Waals surface area contributed by atoms with E-state index in [0.29, 0.717) is 24.7 Å². The third kappa shape index (κ3) is 6.76. The summed E-state index contributed by atoms with van der Waals surface area (Å²) in [6.07, 6.45) is 5.78. The molecule has 3 saturated heterocycles. The van der Waals surface area contributed by atoms with Crippen molar-refractivity contribution in [2.45, 2.75) is 52.0 Å². The Morgan fingerprint density at radius 1 is 1.05 bits per heavy atom. The summed E-state index contributed by atoms with van der Waals surface area (Å²) in [5.41, 5.74) is 9.89. The van der Waals surface area contributed by atoms with Crippen LogP contribution in [0.25, 0.3) is 0 Å². The van der Waals surface area contributed by atoms with Crippen molar-refractivity contribution in [2.75, 3.05) is 74.5 Å². The lowest BCUT2D eigenvalue weighted by molar-refractivity contribution is -0.115. The summed E-state index contributed by atoms with van der Waals surface area (Å²) in [4.78, 5) is 43.6. The van der Waals surface area contributed by atoms with Crippen LogP contribution in [-0.2, 0) is 11.2 Å². The summed E-state index contributed by atoms with van der Waals surface area (Å²) < 4.78 is 0. The number of aryl methyl sites for hydroxylation is 2. The molecule has 3 N–H and O–H groups in total. The lowest BCUT2D eigenvalue weighted by Gasteiger charge is -2.43. The Bertz CT molecular complexity index is 1300. The van der Waals surface area contributed by atoms with Gasteiger partial charge in [-0.25, -0.2) is 9.97 Å². The van der Waals surface area contributed by atoms with Gasteiger partial charge in [-0.05, 0) is 75.4 Å². The number of nitrogens with one attached hydrogen (secondary N) is 1. The number of carbonyl (C=O) groups excluding carboxylic acids is 2. The first-order valence-electron chi connectivity index (χ1n) is 15.4. The second kappa shape index (κ2) is 13.2. The van der Waals surface area contributed by atoms with Crippen LogP contribution in [-0.4, -0.2) is 96.9 Å². The molecule has 0 unspecified atom stereocenters. The highest BCUT2D eigenvalue weighted by atomic mass is 16.1. The number of nitrogens with zero attached hydrogens (tertiary/aromatic N) is 6. The molecule has 0 saturated carbocycles. The molecule has 4 heterocycles. The number of ketones is 1. The highest BCUT2D eigenvalue weighted by molar-refractivity contribution is 5.96. The van der Waals surface area contributed by atoms with Crippen molar-refractivity contribution in [1.29, 1.82) is 0 Å². The Kier molecular flexibility index (Phi) is 9.43. The van der Waals surface area contributed by atoms with Gasteiger partial charge in [0.05, 0.1) is 5.69 Å². The summed E-state index contributed by atoms with van der Waals surface area (Å²) in [6.45, 7) is 16.0. The van der Waals surface area contributed by atoms with Gasteiger partial charge in [0.1, 0.15) is 0 Å². The van der Waals surface area contributed by atoms with Crippen molar-refractivity contribution < 1.29 is 9.59 Å². The first kappa shape index (κ1) is 30.0.